The average molecular weight is 278 g/mol. The van der Waals surface area contributed by atoms with E-state index in [4.69, 9.17) is 0 Å². The number of hydrogen-bond acceptors (Lipinski definition) is 4. The van der Waals surface area contributed by atoms with Crippen LogP contribution in [0.5, 0.6) is 0 Å². The number of benzene rings is 1. The Bertz CT molecular complexity index is 787. The molecule has 0 aliphatic rings. The molecule has 1 aromatic carbocycles. The molecule has 0 aliphatic carbocycles. The van der Waals surface area contributed by atoms with E-state index < -0.39 is 0 Å². The van der Waals surface area contributed by atoms with Crippen molar-refractivity contribution in [2.24, 2.45) is 0 Å². The van der Waals surface area contributed by atoms with Gasteiger partial charge in [0, 0.05) is 18.6 Å². The number of nitrogens with zero attached hydrogens (tertiary/aromatic N) is 2. The molecule has 0 aliphatic heterocycles. The van der Waals surface area contributed by atoms with Gasteiger partial charge in [0.2, 0.25) is 0 Å². The van der Waals surface area contributed by atoms with Crippen molar-refractivity contribution in [3.63, 3.8) is 0 Å². The molecular formula is C16H14N4O. The van der Waals surface area contributed by atoms with Crippen LogP contribution in [0.25, 0.3) is 10.9 Å². The molecule has 0 fully saturated rings. The van der Waals surface area contributed by atoms with Crippen molar-refractivity contribution in [2.75, 3.05) is 17.7 Å². The van der Waals surface area contributed by atoms with Crippen LogP contribution in [0.4, 0.5) is 11.5 Å². The van der Waals surface area contributed by atoms with Crippen LogP contribution < -0.4 is 10.6 Å². The van der Waals surface area contributed by atoms with Crippen LogP contribution in [0, 0.1) is 0 Å². The van der Waals surface area contributed by atoms with Crippen LogP contribution in [0.1, 0.15) is 10.4 Å². The predicted molar refractivity (Wildman–Crippen MR) is 83.5 cm³/mol. The number of anilines is 2. The summed E-state index contributed by atoms with van der Waals surface area (Å²) >= 11 is 0. The van der Waals surface area contributed by atoms with E-state index in [1.165, 1.54) is 0 Å². The van der Waals surface area contributed by atoms with Crippen LogP contribution in [0.3, 0.4) is 0 Å². The normalized spacial score (nSPS) is 10.3. The molecule has 2 N–H and O–H groups in total. The highest BCUT2D eigenvalue weighted by atomic mass is 16.1. The third-order valence-electron chi connectivity index (χ3n) is 3.14. The summed E-state index contributed by atoms with van der Waals surface area (Å²) in [7, 11) is 1.78. The van der Waals surface area contributed by atoms with Crippen molar-refractivity contribution < 1.29 is 4.79 Å². The number of carbonyl (C=O) groups excluding carboxylic acids is 1. The lowest BCUT2D eigenvalue weighted by molar-refractivity contribution is 0.102. The fourth-order valence-electron chi connectivity index (χ4n) is 2.13. The molecule has 0 radical (unpaired) electrons. The van der Waals surface area contributed by atoms with Crippen molar-refractivity contribution in [2.45, 2.75) is 0 Å². The number of rotatable bonds is 3. The molecule has 0 unspecified atom stereocenters. The first-order valence-corrected chi connectivity index (χ1v) is 6.57. The minimum absolute atomic E-state index is 0.182. The van der Waals surface area contributed by atoms with E-state index in [1.807, 2.05) is 24.3 Å². The van der Waals surface area contributed by atoms with E-state index in [1.54, 1.807) is 37.6 Å². The highest BCUT2D eigenvalue weighted by Gasteiger charge is 2.12. The minimum Gasteiger partial charge on any atom is -0.373 e. The minimum atomic E-state index is -0.182. The maximum absolute atomic E-state index is 12.5. The summed E-state index contributed by atoms with van der Waals surface area (Å²) < 4.78 is 0. The number of nitrogens with one attached hydrogen (secondary N) is 2. The smallest absolute Gasteiger partial charge is 0.256 e. The van der Waals surface area contributed by atoms with E-state index >= 15 is 0 Å². The predicted octanol–water partition coefficient (Wildman–Crippen LogP) is 2.92. The molecule has 3 aromatic rings. The summed E-state index contributed by atoms with van der Waals surface area (Å²) in [6, 6.07) is 12.9. The first kappa shape index (κ1) is 13.1. The Morgan fingerprint density at radius 3 is 2.76 bits per heavy atom. The lowest BCUT2D eigenvalue weighted by Crippen LogP contribution is -2.13. The number of hydrogen-bond donors (Lipinski definition) is 2. The van der Waals surface area contributed by atoms with Crippen molar-refractivity contribution >= 4 is 28.3 Å². The average Bonchev–Trinajstić information content (AvgIpc) is 2.54. The van der Waals surface area contributed by atoms with Crippen LogP contribution >= 0.6 is 0 Å². The number of aromatic nitrogens is 2. The maximum Gasteiger partial charge on any atom is 0.256 e. The SMILES string of the molecule is CNc1cc(C(=O)Nc2cccnc2)c2ccccc2n1. The summed E-state index contributed by atoms with van der Waals surface area (Å²) in [5, 5.41) is 6.64. The number of carbonyl (C=O) groups is 1. The molecule has 0 spiro atoms. The standard InChI is InChI=1S/C16H14N4O/c1-17-15-9-13(12-6-2-3-7-14(12)20-15)16(21)19-11-5-4-8-18-10-11/h2-10H,1H3,(H,17,20)(H,19,21). The largest absolute Gasteiger partial charge is 0.373 e. The highest BCUT2D eigenvalue weighted by Crippen LogP contribution is 2.21. The van der Waals surface area contributed by atoms with Gasteiger partial charge in [0.1, 0.15) is 5.82 Å². The van der Waals surface area contributed by atoms with Gasteiger partial charge in [-0.15, -0.1) is 0 Å². The molecule has 0 saturated heterocycles. The lowest BCUT2D eigenvalue weighted by atomic mass is 10.1. The van der Waals surface area contributed by atoms with E-state index in [9.17, 15) is 4.79 Å². The maximum atomic E-state index is 12.5. The quantitative estimate of drug-likeness (QED) is 0.773. The molecule has 2 aromatic heterocycles. The van der Waals surface area contributed by atoms with Crippen molar-refractivity contribution in [1.82, 2.24) is 9.97 Å². The summed E-state index contributed by atoms with van der Waals surface area (Å²) in [5.74, 6) is 0.475. The molecule has 0 bridgehead atoms. The second kappa shape index (κ2) is 5.58. The molecular weight excluding hydrogens is 264 g/mol. The molecule has 2 heterocycles. The van der Waals surface area contributed by atoms with Crippen molar-refractivity contribution in [1.29, 1.82) is 0 Å². The third kappa shape index (κ3) is 2.67. The molecule has 0 atom stereocenters. The Hall–Kier alpha value is -2.95. The van der Waals surface area contributed by atoms with E-state index in [2.05, 4.69) is 20.6 Å². The van der Waals surface area contributed by atoms with E-state index in [-0.39, 0.29) is 5.91 Å². The van der Waals surface area contributed by atoms with Gasteiger partial charge in [0.15, 0.2) is 0 Å². The zero-order valence-electron chi connectivity index (χ0n) is 11.5. The van der Waals surface area contributed by atoms with Crippen LogP contribution in [-0.4, -0.2) is 22.9 Å². The molecule has 21 heavy (non-hydrogen) atoms. The van der Waals surface area contributed by atoms with Crippen molar-refractivity contribution in [3.05, 3.63) is 60.4 Å². The summed E-state index contributed by atoms with van der Waals surface area (Å²) in [6.45, 7) is 0. The van der Waals surface area contributed by atoms with Gasteiger partial charge in [-0.05, 0) is 24.3 Å². The molecule has 0 saturated carbocycles. The van der Waals surface area contributed by atoms with Gasteiger partial charge in [-0.1, -0.05) is 18.2 Å². The number of fused-ring (bicyclic) bond motifs is 1. The van der Waals surface area contributed by atoms with Gasteiger partial charge in [0.05, 0.1) is 23.0 Å². The van der Waals surface area contributed by atoms with Crippen LogP contribution in [0.15, 0.2) is 54.9 Å². The molecule has 3 rings (SSSR count). The Kier molecular flexibility index (Phi) is 3.47. The molecule has 1 amide bonds. The number of pyridine rings is 2. The fraction of sp³-hybridized carbons (Fsp3) is 0.0625. The van der Waals surface area contributed by atoms with E-state index in [0.29, 0.717) is 17.1 Å². The number of amides is 1. The van der Waals surface area contributed by atoms with E-state index in [0.717, 1.165) is 10.9 Å². The van der Waals surface area contributed by atoms with Gasteiger partial charge < -0.3 is 10.6 Å². The highest BCUT2D eigenvalue weighted by molar-refractivity contribution is 6.12. The summed E-state index contributed by atoms with van der Waals surface area (Å²) in [4.78, 5) is 20.9. The second-order valence-electron chi connectivity index (χ2n) is 4.52. The first-order chi connectivity index (χ1) is 10.3. The van der Waals surface area contributed by atoms with Gasteiger partial charge in [0.25, 0.3) is 5.91 Å². The third-order valence-corrected chi connectivity index (χ3v) is 3.14. The Morgan fingerprint density at radius 1 is 1.14 bits per heavy atom. The summed E-state index contributed by atoms with van der Waals surface area (Å²) in [6.07, 6.45) is 3.27. The van der Waals surface area contributed by atoms with Gasteiger partial charge in [-0.25, -0.2) is 4.98 Å². The number of para-hydroxylation sites is 1. The van der Waals surface area contributed by atoms with Gasteiger partial charge in [-0.3, -0.25) is 9.78 Å². The Balaban J connectivity index is 2.04. The summed E-state index contributed by atoms with van der Waals surface area (Å²) in [5.41, 5.74) is 2.02. The lowest BCUT2D eigenvalue weighted by Gasteiger charge is -2.10. The van der Waals surface area contributed by atoms with Crippen molar-refractivity contribution in [3.8, 4) is 0 Å². The molecule has 5 nitrogen and oxygen atoms in total. The monoisotopic (exact) mass is 278 g/mol. The Labute approximate surface area is 122 Å². The molecule has 5 heteroatoms. The van der Waals surface area contributed by atoms with Crippen LogP contribution in [-0.2, 0) is 0 Å². The topological polar surface area (TPSA) is 66.9 Å². The zero-order chi connectivity index (χ0) is 14.7. The molecule has 104 valence electrons. The zero-order valence-corrected chi connectivity index (χ0v) is 11.5. The fourth-order valence-corrected chi connectivity index (χ4v) is 2.13. The Morgan fingerprint density at radius 2 is 2.00 bits per heavy atom. The van der Waals surface area contributed by atoms with Crippen LogP contribution in [0.2, 0.25) is 0 Å². The van der Waals surface area contributed by atoms with Gasteiger partial charge in [-0.2, -0.15) is 0 Å². The first-order valence-electron chi connectivity index (χ1n) is 6.57. The second-order valence-corrected chi connectivity index (χ2v) is 4.52. The van der Waals surface area contributed by atoms with Gasteiger partial charge >= 0.3 is 0 Å².